The number of nitriles is 1. The molecule has 0 bridgehead atoms. The van der Waals surface area contributed by atoms with E-state index in [-0.39, 0.29) is 0 Å². The molecule has 1 aromatic rings. The first kappa shape index (κ1) is 11.4. The molecule has 0 spiro atoms. The average Bonchev–Trinajstić information content (AvgIpc) is 2.32. The summed E-state index contributed by atoms with van der Waals surface area (Å²) in [5.74, 6) is 1.01. The van der Waals surface area contributed by atoms with Crippen LogP contribution in [0.2, 0.25) is 0 Å². The third kappa shape index (κ3) is 2.71. The van der Waals surface area contributed by atoms with Crippen molar-refractivity contribution in [2.24, 2.45) is 0 Å². The molecule has 1 aromatic heterocycles. The Labute approximate surface area is 104 Å². The lowest BCUT2D eigenvalue weighted by Gasteiger charge is -2.34. The Morgan fingerprint density at radius 1 is 1.31 bits per heavy atom. The molecule has 2 rings (SSSR count). The van der Waals surface area contributed by atoms with E-state index in [0.29, 0.717) is 6.54 Å². The van der Waals surface area contributed by atoms with E-state index in [4.69, 9.17) is 5.26 Å². The van der Waals surface area contributed by atoms with E-state index < -0.39 is 0 Å². The highest BCUT2D eigenvalue weighted by Crippen LogP contribution is 2.16. The Morgan fingerprint density at radius 2 is 2.06 bits per heavy atom. The van der Waals surface area contributed by atoms with Gasteiger partial charge in [-0.1, -0.05) is 0 Å². The van der Waals surface area contributed by atoms with Crippen molar-refractivity contribution in [3.63, 3.8) is 0 Å². The normalized spacial score (nSPS) is 17.1. The van der Waals surface area contributed by atoms with Gasteiger partial charge in [-0.05, 0) is 28.1 Å². The SMILES string of the molecule is N#CCN1CCN(c2ccc(Br)cn2)CC1. The molecule has 2 heterocycles. The van der Waals surface area contributed by atoms with Crippen LogP contribution in [0, 0.1) is 11.3 Å². The number of anilines is 1. The zero-order chi connectivity index (χ0) is 11.4. The molecule has 0 saturated carbocycles. The van der Waals surface area contributed by atoms with Gasteiger partial charge in [-0.3, -0.25) is 4.90 Å². The number of piperazine rings is 1. The molecule has 0 amide bonds. The molecule has 0 radical (unpaired) electrons. The molecule has 16 heavy (non-hydrogen) atoms. The van der Waals surface area contributed by atoms with Gasteiger partial charge < -0.3 is 4.90 Å². The summed E-state index contributed by atoms with van der Waals surface area (Å²) in [7, 11) is 0. The van der Waals surface area contributed by atoms with Crippen molar-refractivity contribution in [3.8, 4) is 6.07 Å². The van der Waals surface area contributed by atoms with E-state index >= 15 is 0 Å². The van der Waals surface area contributed by atoms with Crippen LogP contribution < -0.4 is 4.90 Å². The van der Waals surface area contributed by atoms with Crippen molar-refractivity contribution in [2.75, 3.05) is 37.6 Å². The van der Waals surface area contributed by atoms with Crippen LogP contribution in [0.25, 0.3) is 0 Å². The van der Waals surface area contributed by atoms with Crippen LogP contribution in [0.15, 0.2) is 22.8 Å². The molecule has 1 aliphatic rings. The van der Waals surface area contributed by atoms with Crippen LogP contribution in [-0.4, -0.2) is 42.6 Å². The molecule has 0 N–H and O–H groups in total. The predicted octanol–water partition coefficient (Wildman–Crippen LogP) is 1.49. The molecule has 0 aromatic carbocycles. The van der Waals surface area contributed by atoms with Crippen molar-refractivity contribution in [1.29, 1.82) is 5.26 Å². The van der Waals surface area contributed by atoms with E-state index in [2.05, 4.69) is 36.8 Å². The summed E-state index contributed by atoms with van der Waals surface area (Å²) in [6.45, 7) is 4.28. The van der Waals surface area contributed by atoms with Crippen LogP contribution in [-0.2, 0) is 0 Å². The second-order valence-corrected chi connectivity index (χ2v) is 4.67. The molecule has 1 saturated heterocycles. The van der Waals surface area contributed by atoms with Gasteiger partial charge in [0, 0.05) is 36.8 Å². The monoisotopic (exact) mass is 280 g/mol. The second kappa shape index (κ2) is 5.28. The first-order valence-corrected chi connectivity index (χ1v) is 6.05. The number of nitrogens with zero attached hydrogens (tertiary/aromatic N) is 4. The van der Waals surface area contributed by atoms with E-state index in [1.807, 2.05) is 18.3 Å². The van der Waals surface area contributed by atoms with Crippen molar-refractivity contribution >= 4 is 21.7 Å². The van der Waals surface area contributed by atoms with Crippen LogP contribution in [0.5, 0.6) is 0 Å². The van der Waals surface area contributed by atoms with Crippen LogP contribution in [0.4, 0.5) is 5.82 Å². The smallest absolute Gasteiger partial charge is 0.128 e. The molecular formula is C11H13BrN4. The van der Waals surface area contributed by atoms with Gasteiger partial charge in [0.25, 0.3) is 0 Å². The zero-order valence-electron chi connectivity index (χ0n) is 8.93. The number of rotatable bonds is 2. The zero-order valence-corrected chi connectivity index (χ0v) is 10.5. The molecular weight excluding hydrogens is 268 g/mol. The molecule has 5 heteroatoms. The van der Waals surface area contributed by atoms with E-state index in [0.717, 1.165) is 36.5 Å². The minimum Gasteiger partial charge on any atom is -0.354 e. The molecule has 1 aliphatic heterocycles. The fraction of sp³-hybridized carbons (Fsp3) is 0.455. The quantitative estimate of drug-likeness (QED) is 0.770. The molecule has 1 fully saturated rings. The van der Waals surface area contributed by atoms with Gasteiger partial charge in [0.2, 0.25) is 0 Å². The Bertz CT molecular complexity index is 376. The maximum atomic E-state index is 8.61. The fourth-order valence-electron chi connectivity index (χ4n) is 1.79. The molecule has 84 valence electrons. The van der Waals surface area contributed by atoms with Crippen molar-refractivity contribution in [3.05, 3.63) is 22.8 Å². The van der Waals surface area contributed by atoms with Gasteiger partial charge in [-0.2, -0.15) is 5.26 Å². The predicted molar refractivity (Wildman–Crippen MR) is 66.2 cm³/mol. The lowest BCUT2D eigenvalue weighted by Crippen LogP contribution is -2.46. The summed E-state index contributed by atoms with van der Waals surface area (Å²) in [4.78, 5) is 8.78. The maximum absolute atomic E-state index is 8.61. The number of hydrogen-bond acceptors (Lipinski definition) is 4. The van der Waals surface area contributed by atoms with E-state index in [1.54, 1.807) is 0 Å². The number of halogens is 1. The number of pyridine rings is 1. The molecule has 4 nitrogen and oxygen atoms in total. The van der Waals surface area contributed by atoms with E-state index in [9.17, 15) is 0 Å². The Morgan fingerprint density at radius 3 is 2.62 bits per heavy atom. The van der Waals surface area contributed by atoms with Crippen LogP contribution >= 0.6 is 15.9 Å². The summed E-state index contributed by atoms with van der Waals surface area (Å²) in [5.41, 5.74) is 0. The van der Waals surface area contributed by atoms with Gasteiger partial charge in [0.15, 0.2) is 0 Å². The minimum absolute atomic E-state index is 0.529. The van der Waals surface area contributed by atoms with Crippen molar-refractivity contribution in [2.45, 2.75) is 0 Å². The summed E-state index contributed by atoms with van der Waals surface area (Å²) in [5, 5.41) is 8.61. The topological polar surface area (TPSA) is 43.2 Å². The summed E-state index contributed by atoms with van der Waals surface area (Å²) in [6, 6.07) is 6.21. The fourth-order valence-corrected chi connectivity index (χ4v) is 2.02. The van der Waals surface area contributed by atoms with Gasteiger partial charge in [-0.25, -0.2) is 4.98 Å². The van der Waals surface area contributed by atoms with Gasteiger partial charge in [0.05, 0.1) is 12.6 Å². The third-order valence-corrected chi connectivity index (χ3v) is 3.17. The highest BCUT2D eigenvalue weighted by Gasteiger charge is 2.17. The summed E-state index contributed by atoms with van der Waals surface area (Å²) >= 11 is 3.37. The first-order chi connectivity index (χ1) is 7.79. The van der Waals surface area contributed by atoms with Gasteiger partial charge in [0.1, 0.15) is 5.82 Å². The molecule has 0 unspecified atom stereocenters. The molecule has 0 atom stereocenters. The second-order valence-electron chi connectivity index (χ2n) is 3.76. The van der Waals surface area contributed by atoms with Crippen LogP contribution in [0.1, 0.15) is 0 Å². The Kier molecular flexibility index (Phi) is 3.75. The Balaban J connectivity index is 1.94. The highest BCUT2D eigenvalue weighted by molar-refractivity contribution is 9.10. The largest absolute Gasteiger partial charge is 0.354 e. The van der Waals surface area contributed by atoms with Crippen molar-refractivity contribution in [1.82, 2.24) is 9.88 Å². The lowest BCUT2D eigenvalue weighted by molar-refractivity contribution is 0.286. The van der Waals surface area contributed by atoms with Crippen LogP contribution in [0.3, 0.4) is 0 Å². The van der Waals surface area contributed by atoms with Crippen molar-refractivity contribution < 1.29 is 0 Å². The Hall–Kier alpha value is -1.12. The lowest BCUT2D eigenvalue weighted by atomic mass is 10.3. The maximum Gasteiger partial charge on any atom is 0.128 e. The standard InChI is InChI=1S/C11H13BrN4/c12-10-1-2-11(14-9-10)16-7-5-15(4-3-13)6-8-16/h1-2,9H,4-8H2. The van der Waals surface area contributed by atoms with Gasteiger partial charge >= 0.3 is 0 Å². The number of aromatic nitrogens is 1. The van der Waals surface area contributed by atoms with Gasteiger partial charge in [-0.15, -0.1) is 0 Å². The highest BCUT2D eigenvalue weighted by atomic mass is 79.9. The average molecular weight is 281 g/mol. The minimum atomic E-state index is 0.529. The third-order valence-electron chi connectivity index (χ3n) is 2.70. The molecule has 0 aliphatic carbocycles. The van der Waals surface area contributed by atoms with E-state index in [1.165, 1.54) is 0 Å². The first-order valence-electron chi connectivity index (χ1n) is 5.25. The summed E-state index contributed by atoms with van der Waals surface area (Å²) in [6.07, 6.45) is 1.82. The summed E-state index contributed by atoms with van der Waals surface area (Å²) < 4.78 is 0.999. The number of hydrogen-bond donors (Lipinski definition) is 0.